The first-order valence-electron chi connectivity index (χ1n) is 8.23. The van der Waals surface area contributed by atoms with Crippen molar-refractivity contribution in [3.05, 3.63) is 48.5 Å². The number of thiazole rings is 1. The zero-order valence-corrected chi connectivity index (χ0v) is 16.2. The molecule has 134 valence electrons. The molecular formula is C19H19N3O2S2. The number of benzene rings is 2. The van der Waals surface area contributed by atoms with Crippen LogP contribution in [0.4, 0.5) is 10.8 Å². The number of rotatable bonds is 6. The third kappa shape index (κ3) is 4.42. The summed E-state index contributed by atoms with van der Waals surface area (Å²) in [6.07, 6.45) is 0. The van der Waals surface area contributed by atoms with Crippen LogP contribution < -0.4 is 10.2 Å². The second-order valence-corrected chi connectivity index (χ2v) is 7.65. The lowest BCUT2D eigenvalue weighted by molar-refractivity contribution is -0.116. The fourth-order valence-electron chi connectivity index (χ4n) is 2.45. The van der Waals surface area contributed by atoms with E-state index in [1.165, 1.54) is 30.0 Å². The Hall–Kier alpha value is -2.38. The molecule has 0 aliphatic carbocycles. The number of para-hydroxylation sites is 1. The summed E-state index contributed by atoms with van der Waals surface area (Å²) in [6.45, 7) is 4.01. The molecule has 1 aromatic heterocycles. The zero-order valence-electron chi connectivity index (χ0n) is 14.6. The highest BCUT2D eigenvalue weighted by Crippen LogP contribution is 2.29. The number of anilines is 2. The number of thioether (sulfide) groups is 1. The van der Waals surface area contributed by atoms with E-state index in [2.05, 4.69) is 10.3 Å². The van der Waals surface area contributed by atoms with Gasteiger partial charge >= 0.3 is 0 Å². The summed E-state index contributed by atoms with van der Waals surface area (Å²) in [4.78, 5) is 31.0. The van der Waals surface area contributed by atoms with Crippen molar-refractivity contribution >= 4 is 55.9 Å². The lowest BCUT2D eigenvalue weighted by Gasteiger charge is -2.17. The first-order valence-corrected chi connectivity index (χ1v) is 10.0. The van der Waals surface area contributed by atoms with Crippen molar-refractivity contribution in [2.75, 3.05) is 22.5 Å². The minimum Gasteiger partial charge on any atom is -0.326 e. The van der Waals surface area contributed by atoms with Crippen molar-refractivity contribution in [1.29, 1.82) is 0 Å². The normalized spacial score (nSPS) is 10.7. The number of carbonyl (C=O) groups excluding carboxylic acids is 2. The number of hydrogen-bond donors (Lipinski definition) is 1. The molecule has 0 aliphatic rings. The summed E-state index contributed by atoms with van der Waals surface area (Å²) in [5.41, 5.74) is 1.66. The zero-order chi connectivity index (χ0) is 18.5. The van der Waals surface area contributed by atoms with Gasteiger partial charge < -0.3 is 5.32 Å². The molecule has 1 heterocycles. The summed E-state index contributed by atoms with van der Waals surface area (Å²) >= 11 is 3.01. The minimum absolute atomic E-state index is 0.0301. The smallest absolute Gasteiger partial charge is 0.239 e. The van der Waals surface area contributed by atoms with E-state index in [1.807, 2.05) is 55.5 Å². The Morgan fingerprint density at radius 2 is 1.88 bits per heavy atom. The number of fused-ring (bicyclic) bond motifs is 1. The topological polar surface area (TPSA) is 62.3 Å². The van der Waals surface area contributed by atoms with Gasteiger partial charge in [-0.05, 0) is 43.3 Å². The predicted octanol–water partition coefficient (Wildman–Crippen LogP) is 4.40. The summed E-state index contributed by atoms with van der Waals surface area (Å²) in [6, 6.07) is 15.4. The third-order valence-electron chi connectivity index (χ3n) is 3.67. The van der Waals surface area contributed by atoms with E-state index in [-0.39, 0.29) is 11.8 Å². The average Bonchev–Trinajstić information content (AvgIpc) is 3.05. The fraction of sp³-hybridized carbons (Fsp3) is 0.211. The molecule has 0 radical (unpaired) electrons. The molecule has 3 aromatic rings. The van der Waals surface area contributed by atoms with Crippen LogP contribution in [0.1, 0.15) is 13.8 Å². The van der Waals surface area contributed by atoms with E-state index < -0.39 is 0 Å². The Bertz CT molecular complexity index is 889. The van der Waals surface area contributed by atoms with E-state index in [0.29, 0.717) is 12.3 Å². The van der Waals surface area contributed by atoms with Crippen LogP contribution in [-0.4, -0.2) is 29.1 Å². The fourth-order valence-corrected chi connectivity index (χ4v) is 4.28. The predicted molar refractivity (Wildman–Crippen MR) is 109 cm³/mol. The van der Waals surface area contributed by atoms with E-state index in [0.717, 1.165) is 25.9 Å². The molecule has 0 aliphatic heterocycles. The molecule has 0 saturated carbocycles. The largest absolute Gasteiger partial charge is 0.326 e. The second-order valence-electron chi connectivity index (χ2n) is 5.60. The molecule has 2 aromatic carbocycles. The van der Waals surface area contributed by atoms with Crippen LogP contribution in [0, 0.1) is 0 Å². The van der Waals surface area contributed by atoms with E-state index in [9.17, 15) is 9.59 Å². The molecule has 0 fully saturated rings. The second kappa shape index (κ2) is 8.33. The molecule has 0 atom stereocenters. The van der Waals surface area contributed by atoms with Gasteiger partial charge in [-0.3, -0.25) is 14.5 Å². The molecule has 0 spiro atoms. The molecule has 7 heteroatoms. The first-order chi connectivity index (χ1) is 12.6. The highest BCUT2D eigenvalue weighted by molar-refractivity contribution is 8.00. The van der Waals surface area contributed by atoms with Gasteiger partial charge in [0.05, 0.1) is 16.0 Å². The maximum Gasteiger partial charge on any atom is 0.239 e. The summed E-state index contributed by atoms with van der Waals surface area (Å²) in [7, 11) is 0. The Morgan fingerprint density at radius 3 is 2.54 bits per heavy atom. The van der Waals surface area contributed by atoms with Crippen LogP contribution >= 0.6 is 23.1 Å². The van der Waals surface area contributed by atoms with E-state index in [1.54, 1.807) is 4.90 Å². The van der Waals surface area contributed by atoms with Crippen molar-refractivity contribution in [2.24, 2.45) is 0 Å². The summed E-state index contributed by atoms with van der Waals surface area (Å²) in [5.74, 6) is 0.265. The Kier molecular flexibility index (Phi) is 5.90. The van der Waals surface area contributed by atoms with Crippen LogP contribution in [-0.2, 0) is 9.59 Å². The van der Waals surface area contributed by atoms with Crippen molar-refractivity contribution < 1.29 is 9.59 Å². The molecule has 0 bridgehead atoms. The molecule has 26 heavy (non-hydrogen) atoms. The van der Waals surface area contributed by atoms with E-state index >= 15 is 0 Å². The average molecular weight is 386 g/mol. The van der Waals surface area contributed by atoms with E-state index in [4.69, 9.17) is 0 Å². The van der Waals surface area contributed by atoms with Gasteiger partial charge in [0, 0.05) is 24.1 Å². The van der Waals surface area contributed by atoms with Crippen LogP contribution in [0.2, 0.25) is 0 Å². The van der Waals surface area contributed by atoms with Crippen molar-refractivity contribution in [3.63, 3.8) is 0 Å². The Labute approximate surface area is 160 Å². The molecule has 5 nitrogen and oxygen atoms in total. The number of nitrogens with zero attached hydrogens (tertiary/aromatic N) is 2. The number of hydrogen-bond acceptors (Lipinski definition) is 5. The monoisotopic (exact) mass is 385 g/mol. The SMILES string of the molecule is CCN(C(=O)CSc1ccc(NC(C)=O)cc1)c1nc2ccccc2s1. The summed E-state index contributed by atoms with van der Waals surface area (Å²) < 4.78 is 1.08. The van der Waals surface area contributed by atoms with Crippen LogP contribution in [0.5, 0.6) is 0 Å². The highest BCUT2D eigenvalue weighted by atomic mass is 32.2. The lowest BCUT2D eigenvalue weighted by Crippen LogP contribution is -2.32. The van der Waals surface area contributed by atoms with Gasteiger partial charge in [-0.15, -0.1) is 11.8 Å². The van der Waals surface area contributed by atoms with Crippen molar-refractivity contribution in [1.82, 2.24) is 4.98 Å². The van der Waals surface area contributed by atoms with Gasteiger partial charge in [0.2, 0.25) is 11.8 Å². The molecule has 2 amide bonds. The first kappa shape index (κ1) is 18.4. The van der Waals surface area contributed by atoms with Gasteiger partial charge in [0.15, 0.2) is 5.13 Å². The Morgan fingerprint density at radius 1 is 1.15 bits per heavy atom. The molecule has 0 saturated heterocycles. The standard InChI is InChI=1S/C19H19N3O2S2/c1-3-22(19-21-16-6-4-5-7-17(16)26-19)18(24)12-25-15-10-8-14(9-11-15)20-13(2)23/h4-11H,3,12H2,1-2H3,(H,20,23). The van der Waals surface area contributed by atoms with Gasteiger partial charge in [-0.1, -0.05) is 23.5 Å². The highest BCUT2D eigenvalue weighted by Gasteiger charge is 2.18. The number of aromatic nitrogens is 1. The Balaban J connectivity index is 1.65. The van der Waals surface area contributed by atoms with Gasteiger partial charge in [-0.2, -0.15) is 0 Å². The third-order valence-corrected chi connectivity index (χ3v) is 5.72. The van der Waals surface area contributed by atoms with Crippen LogP contribution in [0.25, 0.3) is 10.2 Å². The molecular weight excluding hydrogens is 366 g/mol. The number of amides is 2. The van der Waals surface area contributed by atoms with Crippen molar-refractivity contribution in [2.45, 2.75) is 18.7 Å². The molecule has 1 N–H and O–H groups in total. The molecule has 3 rings (SSSR count). The van der Waals surface area contributed by atoms with Gasteiger partial charge in [-0.25, -0.2) is 4.98 Å². The number of carbonyl (C=O) groups is 2. The maximum absolute atomic E-state index is 12.7. The quantitative estimate of drug-likeness (QED) is 0.639. The van der Waals surface area contributed by atoms with Gasteiger partial charge in [0.1, 0.15) is 0 Å². The number of nitrogens with one attached hydrogen (secondary N) is 1. The van der Waals surface area contributed by atoms with Crippen LogP contribution in [0.15, 0.2) is 53.4 Å². The van der Waals surface area contributed by atoms with Gasteiger partial charge in [0.25, 0.3) is 0 Å². The molecule has 0 unspecified atom stereocenters. The maximum atomic E-state index is 12.7. The van der Waals surface area contributed by atoms with Crippen molar-refractivity contribution in [3.8, 4) is 0 Å². The minimum atomic E-state index is -0.102. The van der Waals surface area contributed by atoms with Crippen LogP contribution in [0.3, 0.4) is 0 Å². The summed E-state index contributed by atoms with van der Waals surface area (Å²) in [5, 5.41) is 3.46. The lowest BCUT2D eigenvalue weighted by atomic mass is 10.3.